The van der Waals surface area contributed by atoms with E-state index in [0.29, 0.717) is 12.1 Å². The van der Waals surface area contributed by atoms with Gasteiger partial charge < -0.3 is 4.74 Å². The molecule has 1 aromatic heterocycles. The molecule has 0 fully saturated rings. The molecule has 1 heterocycles. The monoisotopic (exact) mass is 410 g/mol. The fraction of sp³-hybridized carbons (Fsp3) is 0.579. The average molecular weight is 411 g/mol. The third-order valence-corrected chi connectivity index (χ3v) is 4.59. The molecule has 5 nitrogen and oxygen atoms in total. The molecule has 0 aliphatic rings. The predicted molar refractivity (Wildman–Crippen MR) is 105 cm³/mol. The van der Waals surface area contributed by atoms with Crippen molar-refractivity contribution in [2.75, 3.05) is 5.33 Å². The minimum atomic E-state index is -0.655. The van der Waals surface area contributed by atoms with Crippen molar-refractivity contribution < 1.29 is 9.53 Å². The summed E-state index contributed by atoms with van der Waals surface area (Å²) in [5.74, 6) is 0. The van der Waals surface area contributed by atoms with Gasteiger partial charge in [-0.3, -0.25) is 4.57 Å². The van der Waals surface area contributed by atoms with Gasteiger partial charge in [-0.05, 0) is 51.2 Å². The van der Waals surface area contributed by atoms with Crippen molar-refractivity contribution in [1.82, 2.24) is 9.13 Å². The molecule has 1 aromatic carbocycles. The van der Waals surface area contributed by atoms with Gasteiger partial charge in [0.2, 0.25) is 0 Å². The summed E-state index contributed by atoms with van der Waals surface area (Å²) in [4.78, 5) is 25.4. The van der Waals surface area contributed by atoms with Gasteiger partial charge in [-0.15, -0.1) is 0 Å². The number of hydrogen-bond donors (Lipinski definition) is 0. The summed E-state index contributed by atoms with van der Waals surface area (Å²) in [5.41, 5.74) is 0.452. The van der Waals surface area contributed by atoms with Crippen LogP contribution in [-0.2, 0) is 11.3 Å². The lowest BCUT2D eigenvalue weighted by molar-refractivity contribution is 0.0537. The molecular weight excluding hydrogens is 384 g/mol. The van der Waals surface area contributed by atoms with E-state index in [9.17, 15) is 9.59 Å². The summed E-state index contributed by atoms with van der Waals surface area (Å²) in [5, 5.41) is 0.925. The lowest BCUT2D eigenvalue weighted by Crippen LogP contribution is -2.34. The lowest BCUT2D eigenvalue weighted by Gasteiger charge is -2.23. The molecule has 2 rings (SSSR count). The maximum Gasteiger partial charge on any atom is 0.423 e. The van der Waals surface area contributed by atoms with Crippen molar-refractivity contribution in [3.05, 3.63) is 34.7 Å². The highest BCUT2D eigenvalue weighted by Gasteiger charge is 2.25. The third kappa shape index (κ3) is 4.75. The van der Waals surface area contributed by atoms with Crippen molar-refractivity contribution in [3.63, 3.8) is 0 Å². The Morgan fingerprint density at radius 3 is 2.24 bits per heavy atom. The zero-order valence-corrected chi connectivity index (χ0v) is 17.2. The van der Waals surface area contributed by atoms with Crippen molar-refractivity contribution in [2.45, 2.75) is 59.6 Å². The first-order valence-electron chi connectivity index (χ1n) is 8.55. The molecule has 0 aliphatic carbocycles. The standard InChI is InChI=1S/C19H27BrN2O3/c1-18(2,3)25-17(24)22-15-9-7-6-8-14(15)21(16(22)23)13-11-19(4,5)10-12-20/h6-9H,10-13H2,1-5H3. The minimum Gasteiger partial charge on any atom is -0.443 e. The number of aryl methyl sites for hydroxylation is 1. The van der Waals surface area contributed by atoms with Crippen LogP contribution in [0.2, 0.25) is 0 Å². The van der Waals surface area contributed by atoms with E-state index in [4.69, 9.17) is 4.74 Å². The molecule has 0 radical (unpaired) electrons. The Labute approximate surface area is 157 Å². The molecule has 0 bridgehead atoms. The third-order valence-electron chi connectivity index (χ3n) is 4.20. The first kappa shape index (κ1) is 19.8. The van der Waals surface area contributed by atoms with Crippen LogP contribution in [0.15, 0.2) is 29.1 Å². The van der Waals surface area contributed by atoms with E-state index in [1.807, 2.05) is 18.2 Å². The Morgan fingerprint density at radius 2 is 1.68 bits per heavy atom. The van der Waals surface area contributed by atoms with Gasteiger partial charge in [-0.2, -0.15) is 4.57 Å². The molecule has 0 saturated carbocycles. The summed E-state index contributed by atoms with van der Waals surface area (Å²) in [7, 11) is 0. The molecular formula is C19H27BrN2O3. The van der Waals surface area contributed by atoms with Crippen LogP contribution < -0.4 is 5.69 Å². The zero-order chi connectivity index (χ0) is 18.8. The second-order valence-electron chi connectivity index (χ2n) is 8.09. The summed E-state index contributed by atoms with van der Waals surface area (Å²) in [6.45, 7) is 10.3. The molecule has 25 heavy (non-hydrogen) atoms. The Balaban J connectivity index is 2.44. The molecule has 0 atom stereocenters. The van der Waals surface area contributed by atoms with Gasteiger partial charge in [0.05, 0.1) is 11.0 Å². The molecule has 0 aliphatic heterocycles. The summed E-state index contributed by atoms with van der Waals surface area (Å²) in [6, 6.07) is 7.35. The quantitative estimate of drug-likeness (QED) is 0.665. The van der Waals surface area contributed by atoms with Crippen molar-refractivity contribution >= 4 is 33.1 Å². The Hall–Kier alpha value is -1.56. The number of hydrogen-bond acceptors (Lipinski definition) is 3. The van der Waals surface area contributed by atoms with Crippen LogP contribution in [0.3, 0.4) is 0 Å². The van der Waals surface area contributed by atoms with Crippen LogP contribution in [0.25, 0.3) is 11.0 Å². The van der Waals surface area contributed by atoms with Gasteiger partial charge in [0.1, 0.15) is 5.60 Å². The molecule has 0 N–H and O–H groups in total. The molecule has 2 aromatic rings. The predicted octanol–water partition coefficient (Wildman–Crippen LogP) is 4.79. The largest absolute Gasteiger partial charge is 0.443 e. The van der Waals surface area contributed by atoms with Crippen LogP contribution >= 0.6 is 15.9 Å². The van der Waals surface area contributed by atoms with E-state index in [1.165, 1.54) is 0 Å². The van der Waals surface area contributed by atoms with Crippen molar-refractivity contribution in [3.8, 4) is 0 Å². The van der Waals surface area contributed by atoms with E-state index < -0.39 is 11.7 Å². The molecule has 0 spiro atoms. The van der Waals surface area contributed by atoms with Crippen LogP contribution in [0.1, 0.15) is 47.5 Å². The Bertz CT molecular complexity index is 812. The molecule has 6 heteroatoms. The number of benzene rings is 1. The number of ether oxygens (including phenoxy) is 1. The fourth-order valence-electron chi connectivity index (χ4n) is 2.70. The van der Waals surface area contributed by atoms with Crippen LogP contribution in [0, 0.1) is 5.41 Å². The molecule has 0 saturated heterocycles. The number of nitrogens with zero attached hydrogens (tertiary/aromatic N) is 2. The molecule has 138 valence electrons. The summed E-state index contributed by atoms with van der Waals surface area (Å²) < 4.78 is 8.23. The number of fused-ring (bicyclic) bond motifs is 1. The topological polar surface area (TPSA) is 53.2 Å². The highest BCUT2D eigenvalue weighted by atomic mass is 79.9. The van der Waals surface area contributed by atoms with E-state index in [-0.39, 0.29) is 11.1 Å². The highest BCUT2D eigenvalue weighted by molar-refractivity contribution is 9.09. The number of aromatic nitrogens is 2. The number of imidazole rings is 1. The van der Waals surface area contributed by atoms with Gasteiger partial charge in [-0.25, -0.2) is 9.59 Å². The number of para-hydroxylation sites is 2. The first-order chi connectivity index (χ1) is 11.6. The van der Waals surface area contributed by atoms with Crippen LogP contribution in [-0.4, -0.2) is 26.2 Å². The van der Waals surface area contributed by atoms with Gasteiger partial charge in [-0.1, -0.05) is 41.9 Å². The van der Waals surface area contributed by atoms with Crippen LogP contribution in [0.4, 0.5) is 4.79 Å². The number of rotatable bonds is 5. The molecule has 0 unspecified atom stereocenters. The van der Waals surface area contributed by atoms with Crippen molar-refractivity contribution in [2.24, 2.45) is 5.41 Å². The second kappa shape index (κ2) is 7.36. The Kier molecular flexibility index (Phi) is 5.82. The SMILES string of the molecule is CC(C)(CCBr)CCn1c(=O)n(C(=O)OC(C)(C)C)c2ccccc21. The normalized spacial score (nSPS) is 12.6. The summed E-state index contributed by atoms with van der Waals surface area (Å²) in [6.07, 6.45) is 1.24. The van der Waals surface area contributed by atoms with Crippen molar-refractivity contribution in [1.29, 1.82) is 0 Å². The minimum absolute atomic E-state index is 0.109. The van der Waals surface area contributed by atoms with Gasteiger partial charge in [0, 0.05) is 11.9 Å². The smallest absolute Gasteiger partial charge is 0.423 e. The Morgan fingerprint density at radius 1 is 1.08 bits per heavy atom. The van der Waals surface area contributed by atoms with E-state index >= 15 is 0 Å². The van der Waals surface area contributed by atoms with E-state index in [1.54, 1.807) is 31.4 Å². The summed E-state index contributed by atoms with van der Waals surface area (Å²) >= 11 is 3.48. The van der Waals surface area contributed by atoms with Gasteiger partial charge >= 0.3 is 11.8 Å². The first-order valence-corrected chi connectivity index (χ1v) is 9.67. The van der Waals surface area contributed by atoms with Gasteiger partial charge in [0.25, 0.3) is 0 Å². The fourth-order valence-corrected chi connectivity index (χ4v) is 3.78. The zero-order valence-electron chi connectivity index (χ0n) is 15.6. The lowest BCUT2D eigenvalue weighted by atomic mass is 9.86. The number of halogens is 1. The van der Waals surface area contributed by atoms with E-state index in [0.717, 1.165) is 28.3 Å². The maximum atomic E-state index is 12.9. The maximum absolute atomic E-state index is 12.9. The van der Waals surface area contributed by atoms with Crippen LogP contribution in [0.5, 0.6) is 0 Å². The number of alkyl halides is 1. The van der Waals surface area contributed by atoms with Gasteiger partial charge in [0.15, 0.2) is 0 Å². The average Bonchev–Trinajstić information content (AvgIpc) is 2.75. The second-order valence-corrected chi connectivity index (χ2v) is 8.88. The number of carbonyl (C=O) groups excluding carboxylic acids is 1. The van der Waals surface area contributed by atoms with E-state index in [2.05, 4.69) is 29.8 Å². The molecule has 0 amide bonds. The number of carbonyl (C=O) groups is 1. The highest BCUT2D eigenvalue weighted by Crippen LogP contribution is 2.27.